The molecule has 1 atom stereocenters. The Kier molecular flexibility index (Phi) is 6.06. The predicted molar refractivity (Wildman–Crippen MR) is 99.2 cm³/mol. The topological polar surface area (TPSA) is 44.8 Å². The van der Waals surface area contributed by atoms with Gasteiger partial charge in [-0.15, -0.1) is 0 Å². The zero-order chi connectivity index (χ0) is 18.1. The maximum Gasteiger partial charge on any atom is 0.466 e. The van der Waals surface area contributed by atoms with Crippen LogP contribution in [0.4, 0.5) is 0 Å². The van der Waals surface area contributed by atoms with Crippen LogP contribution in [-0.4, -0.2) is 30.9 Å². The van der Waals surface area contributed by atoms with E-state index in [1.165, 1.54) is 0 Å². The van der Waals surface area contributed by atoms with E-state index in [4.69, 9.17) is 25.6 Å². The Labute approximate surface area is 157 Å². The average Bonchev–Trinajstić information content (AvgIpc) is 2.68. The van der Waals surface area contributed by atoms with Crippen LogP contribution in [-0.2, 0) is 18.8 Å². The Hall–Kier alpha value is -0.555. The van der Waals surface area contributed by atoms with Gasteiger partial charge in [-0.25, -0.2) is 0 Å². The maximum absolute atomic E-state index is 12.1. The van der Waals surface area contributed by atoms with Gasteiger partial charge in [-0.3, -0.25) is 4.79 Å². The van der Waals surface area contributed by atoms with Gasteiger partial charge >= 0.3 is 13.1 Å². The van der Waals surface area contributed by atoms with Crippen molar-refractivity contribution in [2.24, 2.45) is 0 Å². The fraction of sp³-hybridized carbons (Fsp3) is 0.588. The van der Waals surface area contributed by atoms with Crippen LogP contribution in [0.5, 0.6) is 0 Å². The smallest absolute Gasteiger partial charge is 0.466 e. The van der Waals surface area contributed by atoms with Gasteiger partial charge in [-0.1, -0.05) is 23.7 Å². The van der Waals surface area contributed by atoms with Crippen LogP contribution in [0, 0.1) is 0 Å². The second kappa shape index (κ2) is 7.36. The average molecular weight is 418 g/mol. The summed E-state index contributed by atoms with van der Waals surface area (Å²) >= 11 is 9.75. The lowest BCUT2D eigenvalue weighted by Gasteiger charge is -2.32. The summed E-state index contributed by atoms with van der Waals surface area (Å²) < 4.78 is 18.2. The summed E-state index contributed by atoms with van der Waals surface area (Å²) in [6, 6.07) is 5.57. The van der Waals surface area contributed by atoms with Gasteiger partial charge in [0.1, 0.15) is 0 Å². The van der Waals surface area contributed by atoms with Gasteiger partial charge in [-0.2, -0.15) is 0 Å². The highest BCUT2D eigenvalue weighted by Crippen LogP contribution is 2.43. The molecule has 1 aliphatic rings. The van der Waals surface area contributed by atoms with Gasteiger partial charge in [0.15, 0.2) is 0 Å². The van der Waals surface area contributed by atoms with Gasteiger partial charge in [-0.05, 0) is 62.2 Å². The van der Waals surface area contributed by atoms with E-state index in [2.05, 4.69) is 15.9 Å². The molecule has 1 heterocycles. The van der Waals surface area contributed by atoms with Crippen LogP contribution in [0.3, 0.4) is 0 Å². The van der Waals surface area contributed by atoms with Crippen molar-refractivity contribution in [2.45, 2.75) is 58.1 Å². The van der Waals surface area contributed by atoms with Crippen LogP contribution in [0.25, 0.3) is 0 Å². The molecule has 7 heteroatoms. The minimum absolute atomic E-state index is 0.156. The predicted octanol–water partition coefficient (Wildman–Crippen LogP) is 4.77. The molecule has 1 aromatic rings. The van der Waals surface area contributed by atoms with Crippen molar-refractivity contribution in [1.29, 1.82) is 0 Å². The molecule has 0 aliphatic carbocycles. The van der Waals surface area contributed by atoms with Crippen molar-refractivity contribution < 1.29 is 18.8 Å². The highest BCUT2D eigenvalue weighted by atomic mass is 79.9. The second-order valence-electron chi connectivity index (χ2n) is 6.88. The molecular formula is C17H23BBrClO4. The number of hydrogen-bond acceptors (Lipinski definition) is 4. The van der Waals surface area contributed by atoms with Gasteiger partial charge in [0, 0.05) is 10.3 Å². The molecule has 0 spiro atoms. The minimum atomic E-state index is -0.561. The first-order valence-electron chi connectivity index (χ1n) is 8.04. The van der Waals surface area contributed by atoms with Gasteiger partial charge < -0.3 is 14.0 Å². The monoisotopic (exact) mass is 416 g/mol. The van der Waals surface area contributed by atoms with E-state index >= 15 is 0 Å². The number of rotatable bonds is 5. The molecule has 4 nitrogen and oxygen atoms in total. The minimum Gasteiger partial charge on any atom is -0.466 e. The lowest BCUT2D eigenvalue weighted by Crippen LogP contribution is -2.41. The number of carbonyl (C=O) groups is 1. The van der Waals surface area contributed by atoms with Crippen molar-refractivity contribution >= 4 is 40.6 Å². The Morgan fingerprint density at radius 1 is 1.29 bits per heavy atom. The summed E-state index contributed by atoms with van der Waals surface area (Å²) in [6.07, 6.45) is 0.156. The number of esters is 1. The molecule has 0 amide bonds. The molecule has 1 fully saturated rings. The zero-order valence-electron chi connectivity index (χ0n) is 14.7. The first-order valence-corrected chi connectivity index (χ1v) is 9.21. The molecule has 1 aliphatic heterocycles. The van der Waals surface area contributed by atoms with Gasteiger partial charge in [0.05, 0.1) is 29.3 Å². The van der Waals surface area contributed by atoms with E-state index in [1.807, 2.05) is 39.8 Å². The van der Waals surface area contributed by atoms with E-state index in [0.29, 0.717) is 11.6 Å². The lowest BCUT2D eigenvalue weighted by atomic mass is 9.66. The maximum atomic E-state index is 12.1. The Bertz CT molecular complexity index is 605. The third-order valence-corrected chi connectivity index (χ3v) is 6.10. The van der Waals surface area contributed by atoms with E-state index < -0.39 is 18.3 Å². The van der Waals surface area contributed by atoms with Crippen LogP contribution in [0.2, 0.25) is 5.02 Å². The van der Waals surface area contributed by atoms with Crippen LogP contribution < -0.4 is 0 Å². The number of halogens is 2. The Balaban J connectivity index is 2.37. The Morgan fingerprint density at radius 2 is 1.88 bits per heavy atom. The number of hydrogen-bond donors (Lipinski definition) is 0. The fourth-order valence-corrected chi connectivity index (χ4v) is 3.35. The van der Waals surface area contributed by atoms with Crippen molar-refractivity contribution in [3.05, 3.63) is 33.3 Å². The molecule has 132 valence electrons. The molecule has 1 saturated heterocycles. The summed E-state index contributed by atoms with van der Waals surface area (Å²) in [4.78, 5) is 12.1. The van der Waals surface area contributed by atoms with E-state index in [1.54, 1.807) is 13.0 Å². The third kappa shape index (κ3) is 3.98. The molecule has 1 aromatic carbocycles. The molecule has 0 radical (unpaired) electrons. The SMILES string of the molecule is CCOC(=O)CC(B1OC(C)(C)C(C)(C)O1)c1cccc(Cl)c1Br. The highest BCUT2D eigenvalue weighted by Gasteiger charge is 2.54. The molecule has 0 aromatic heterocycles. The molecule has 0 N–H and O–H groups in total. The molecule has 1 unspecified atom stereocenters. The fourth-order valence-electron chi connectivity index (χ4n) is 2.61. The van der Waals surface area contributed by atoms with Crippen LogP contribution in [0.15, 0.2) is 22.7 Å². The van der Waals surface area contributed by atoms with Crippen molar-refractivity contribution in [1.82, 2.24) is 0 Å². The zero-order valence-corrected chi connectivity index (χ0v) is 17.0. The molecular weight excluding hydrogens is 394 g/mol. The normalized spacial score (nSPS) is 20.0. The largest absolute Gasteiger partial charge is 0.466 e. The van der Waals surface area contributed by atoms with Crippen molar-refractivity contribution in [2.75, 3.05) is 6.61 Å². The quantitative estimate of drug-likeness (QED) is 0.511. The van der Waals surface area contributed by atoms with E-state index in [9.17, 15) is 4.79 Å². The van der Waals surface area contributed by atoms with Gasteiger partial charge in [0.25, 0.3) is 0 Å². The lowest BCUT2D eigenvalue weighted by molar-refractivity contribution is -0.143. The van der Waals surface area contributed by atoms with Crippen molar-refractivity contribution in [3.63, 3.8) is 0 Å². The summed E-state index contributed by atoms with van der Waals surface area (Å²) in [6.45, 7) is 10.1. The van der Waals surface area contributed by atoms with Crippen LogP contribution >= 0.6 is 27.5 Å². The highest BCUT2D eigenvalue weighted by molar-refractivity contribution is 9.10. The van der Waals surface area contributed by atoms with E-state index in [-0.39, 0.29) is 18.2 Å². The summed E-state index contributed by atoms with van der Waals surface area (Å²) in [5.41, 5.74) is -0.0836. The number of benzene rings is 1. The second-order valence-corrected chi connectivity index (χ2v) is 8.08. The molecule has 2 rings (SSSR count). The third-order valence-electron chi connectivity index (χ3n) is 4.67. The number of ether oxygens (including phenoxy) is 1. The molecule has 24 heavy (non-hydrogen) atoms. The first-order chi connectivity index (χ1) is 11.1. The summed E-state index contributed by atoms with van der Waals surface area (Å²) in [5, 5.41) is 0.581. The van der Waals surface area contributed by atoms with E-state index in [0.717, 1.165) is 10.0 Å². The van der Waals surface area contributed by atoms with Crippen molar-refractivity contribution in [3.8, 4) is 0 Å². The summed E-state index contributed by atoms with van der Waals surface area (Å²) in [5.74, 6) is -0.609. The van der Waals surface area contributed by atoms with Gasteiger partial charge in [0.2, 0.25) is 0 Å². The molecule has 0 saturated carbocycles. The summed E-state index contributed by atoms with van der Waals surface area (Å²) in [7, 11) is -0.561. The first kappa shape index (κ1) is 19.8. The Morgan fingerprint density at radius 3 is 2.42 bits per heavy atom. The number of carbonyl (C=O) groups excluding carboxylic acids is 1. The van der Waals surface area contributed by atoms with Crippen LogP contribution in [0.1, 0.15) is 52.4 Å². The molecule has 0 bridgehead atoms. The standard InChI is InChI=1S/C17H23BBrClO4/c1-6-22-14(21)10-12(11-8-7-9-13(20)15(11)19)18-23-16(2,3)17(4,5)24-18/h7-9,12H,6,10H2,1-5H3.